The number of rotatable bonds is 3. The van der Waals surface area contributed by atoms with E-state index in [1.54, 1.807) is 25.1 Å². The molecule has 2 amide bonds. The zero-order valence-electron chi connectivity index (χ0n) is 26.2. The summed E-state index contributed by atoms with van der Waals surface area (Å²) in [6, 6.07) is 2.97. The Bertz CT molecular complexity index is 1430. The lowest BCUT2D eigenvalue weighted by Gasteiger charge is -2.35. The quantitative estimate of drug-likeness (QED) is 0.487. The van der Waals surface area contributed by atoms with Crippen molar-refractivity contribution in [2.75, 3.05) is 13.2 Å². The first-order valence-corrected chi connectivity index (χ1v) is 15.5. The number of benzene rings is 1. The molecule has 12 heteroatoms. The molecule has 1 saturated carbocycles. The molecule has 1 aromatic carbocycles. The number of ketones is 1. The lowest BCUT2D eigenvalue weighted by molar-refractivity contribution is -0.141. The Labute approximate surface area is 256 Å². The number of aromatic nitrogens is 2. The highest BCUT2D eigenvalue weighted by molar-refractivity contribution is 5.92. The van der Waals surface area contributed by atoms with E-state index >= 15 is 8.78 Å². The Hall–Kier alpha value is -3.57. The highest BCUT2D eigenvalue weighted by atomic mass is 19.3. The molecule has 3 aliphatic rings. The second-order valence-corrected chi connectivity index (χ2v) is 13.4. The number of Topliss-reactive ketones (excluding diaryl/α,β-unsaturated/α-hetero) is 1. The number of alkyl halides is 2. The number of hydrogen-bond acceptors (Lipinski definition) is 8. The number of amides is 2. The maximum absolute atomic E-state index is 15.9. The van der Waals surface area contributed by atoms with E-state index in [0.29, 0.717) is 37.1 Å². The van der Waals surface area contributed by atoms with Crippen LogP contribution in [0.1, 0.15) is 79.3 Å². The number of carbonyl (C=O) groups is 3. The zero-order chi connectivity index (χ0) is 32.0. The van der Waals surface area contributed by atoms with E-state index in [0.717, 1.165) is 0 Å². The molecule has 240 valence electrons. The minimum atomic E-state index is -3.35. The highest BCUT2D eigenvalue weighted by Gasteiger charge is 2.50. The van der Waals surface area contributed by atoms with Gasteiger partial charge in [-0.05, 0) is 56.6 Å². The van der Waals surface area contributed by atoms with Crippen LogP contribution in [-0.4, -0.2) is 70.1 Å². The van der Waals surface area contributed by atoms with Gasteiger partial charge in [-0.1, -0.05) is 34.1 Å². The Morgan fingerprint density at radius 3 is 2.57 bits per heavy atom. The maximum Gasteiger partial charge on any atom is 0.408 e. The standard InChI is InChI=1S/C32H42F2N4O6/c1-7-42-20-11-12-21-22(15-20)36-28-26(35-21)32(33,34)13-9-8-10-19-14-23(19)44-30(41)37-27(31(4,5)6)29(40)38-16-24(43-28)17(2)25(38)18(3)39/h11-12,15,17,19,23-25,27H,7-10,13-14,16H2,1-6H3,(H,37,41)/t17-,19-,23-,24+,25+,27?/m1/s1. The SMILES string of the molecule is CCOc1ccc2nc3c(nc2c1)O[C@H]1CN(C(=O)C(C(C)(C)C)NC(=O)O[C@@H]2C[C@H]2CCCCC3(F)F)[C@H](C(C)=O)[C@@H]1C. The van der Waals surface area contributed by atoms with Gasteiger partial charge in [0, 0.05) is 18.4 Å². The highest BCUT2D eigenvalue weighted by Crippen LogP contribution is 2.42. The second-order valence-electron chi connectivity index (χ2n) is 13.4. The molecule has 0 radical (unpaired) electrons. The molecule has 2 fully saturated rings. The van der Waals surface area contributed by atoms with E-state index in [2.05, 4.69) is 15.3 Å². The molecule has 1 N–H and O–H groups in total. The number of carbonyl (C=O) groups excluding carboxylic acids is 3. The van der Waals surface area contributed by atoms with Gasteiger partial charge in [0.15, 0.2) is 11.5 Å². The summed E-state index contributed by atoms with van der Waals surface area (Å²) < 4.78 is 49.2. The van der Waals surface area contributed by atoms with Gasteiger partial charge in [0.2, 0.25) is 11.8 Å². The predicted octanol–water partition coefficient (Wildman–Crippen LogP) is 5.41. The van der Waals surface area contributed by atoms with Crippen molar-refractivity contribution in [3.8, 4) is 11.6 Å². The molecule has 6 atom stereocenters. The smallest absolute Gasteiger partial charge is 0.408 e. The van der Waals surface area contributed by atoms with Crippen molar-refractivity contribution in [3.63, 3.8) is 0 Å². The largest absolute Gasteiger partial charge is 0.494 e. The van der Waals surface area contributed by atoms with Crippen molar-refractivity contribution in [1.29, 1.82) is 0 Å². The summed E-state index contributed by atoms with van der Waals surface area (Å²) in [5.74, 6) is -4.41. The molecule has 1 unspecified atom stereocenters. The van der Waals surface area contributed by atoms with Gasteiger partial charge in [-0.15, -0.1) is 0 Å². The number of ether oxygens (including phenoxy) is 3. The number of hydrogen-bond donors (Lipinski definition) is 1. The van der Waals surface area contributed by atoms with Crippen molar-refractivity contribution >= 4 is 28.8 Å². The molecule has 2 aromatic rings. The minimum Gasteiger partial charge on any atom is -0.494 e. The molecule has 1 aliphatic carbocycles. The molecule has 3 heterocycles. The van der Waals surface area contributed by atoms with Crippen LogP contribution in [0.3, 0.4) is 0 Å². The first-order chi connectivity index (χ1) is 20.7. The van der Waals surface area contributed by atoms with Gasteiger partial charge in [-0.3, -0.25) is 9.59 Å². The van der Waals surface area contributed by atoms with Gasteiger partial charge in [0.1, 0.15) is 24.0 Å². The zero-order valence-corrected chi connectivity index (χ0v) is 26.2. The molecule has 10 nitrogen and oxygen atoms in total. The number of nitrogens with one attached hydrogen (secondary N) is 1. The Kier molecular flexibility index (Phi) is 8.74. The van der Waals surface area contributed by atoms with E-state index in [9.17, 15) is 14.4 Å². The molecular formula is C32H42F2N4O6. The number of fused-ring (bicyclic) bond motifs is 5. The summed E-state index contributed by atoms with van der Waals surface area (Å²) in [6.45, 7) is 10.7. The third-order valence-corrected chi connectivity index (χ3v) is 8.83. The van der Waals surface area contributed by atoms with Gasteiger partial charge in [0.05, 0.1) is 30.2 Å². The van der Waals surface area contributed by atoms with Crippen molar-refractivity contribution in [3.05, 3.63) is 23.9 Å². The summed E-state index contributed by atoms with van der Waals surface area (Å²) in [5, 5.41) is 2.75. The molecule has 1 aromatic heterocycles. The Morgan fingerprint density at radius 1 is 1.14 bits per heavy atom. The summed E-state index contributed by atoms with van der Waals surface area (Å²) in [7, 11) is 0. The predicted molar refractivity (Wildman–Crippen MR) is 158 cm³/mol. The van der Waals surface area contributed by atoms with Crippen molar-refractivity contribution in [1.82, 2.24) is 20.2 Å². The third-order valence-electron chi connectivity index (χ3n) is 8.83. The van der Waals surface area contributed by atoms with E-state index in [1.807, 2.05) is 27.7 Å². The fourth-order valence-corrected chi connectivity index (χ4v) is 6.30. The monoisotopic (exact) mass is 616 g/mol. The molecular weight excluding hydrogens is 574 g/mol. The lowest BCUT2D eigenvalue weighted by Crippen LogP contribution is -2.57. The molecule has 44 heavy (non-hydrogen) atoms. The van der Waals surface area contributed by atoms with Crippen LogP contribution in [0.15, 0.2) is 18.2 Å². The summed E-state index contributed by atoms with van der Waals surface area (Å²) in [6.07, 6.45) is -0.306. The average molecular weight is 617 g/mol. The summed E-state index contributed by atoms with van der Waals surface area (Å²) >= 11 is 0. The van der Waals surface area contributed by atoms with E-state index in [1.165, 1.54) is 11.8 Å². The fraction of sp³-hybridized carbons (Fsp3) is 0.656. The molecule has 1 saturated heterocycles. The van der Waals surface area contributed by atoms with Crippen LogP contribution < -0.4 is 14.8 Å². The topological polar surface area (TPSA) is 120 Å². The first kappa shape index (κ1) is 31.8. The number of nitrogens with zero attached hydrogens (tertiary/aromatic N) is 3. The van der Waals surface area contributed by atoms with E-state index in [-0.39, 0.29) is 42.2 Å². The number of alkyl carbamates (subject to hydrolysis) is 1. The van der Waals surface area contributed by atoms with E-state index < -0.39 is 59.6 Å². The van der Waals surface area contributed by atoms with E-state index in [4.69, 9.17) is 14.2 Å². The summed E-state index contributed by atoms with van der Waals surface area (Å²) in [4.78, 5) is 50.1. The minimum absolute atomic E-state index is 0.0675. The summed E-state index contributed by atoms with van der Waals surface area (Å²) in [5.41, 5.74) is -0.693. The maximum atomic E-state index is 15.9. The van der Waals surface area contributed by atoms with Crippen molar-refractivity contribution in [2.24, 2.45) is 17.3 Å². The van der Waals surface area contributed by atoms with Crippen LogP contribution in [0.2, 0.25) is 0 Å². The number of halogens is 2. The molecule has 0 spiro atoms. The first-order valence-electron chi connectivity index (χ1n) is 15.5. The third kappa shape index (κ3) is 6.58. The van der Waals surface area contributed by atoms with Gasteiger partial charge in [-0.25, -0.2) is 14.8 Å². The van der Waals surface area contributed by atoms with Crippen LogP contribution in [0.4, 0.5) is 13.6 Å². The Morgan fingerprint density at radius 2 is 1.89 bits per heavy atom. The van der Waals surface area contributed by atoms with Gasteiger partial charge >= 0.3 is 6.09 Å². The normalized spacial score (nSPS) is 29.3. The van der Waals surface area contributed by atoms with Gasteiger partial charge in [0.25, 0.3) is 5.92 Å². The molecule has 2 bridgehead atoms. The van der Waals surface area contributed by atoms with Crippen LogP contribution >= 0.6 is 0 Å². The van der Waals surface area contributed by atoms with Crippen LogP contribution in [0.25, 0.3) is 11.0 Å². The van der Waals surface area contributed by atoms with Crippen LogP contribution in [-0.2, 0) is 20.2 Å². The van der Waals surface area contributed by atoms with Gasteiger partial charge < -0.3 is 24.4 Å². The van der Waals surface area contributed by atoms with Gasteiger partial charge in [-0.2, -0.15) is 8.78 Å². The fourth-order valence-electron chi connectivity index (χ4n) is 6.30. The average Bonchev–Trinajstić information content (AvgIpc) is 3.59. The molecule has 2 aliphatic heterocycles. The molecule has 5 rings (SSSR count). The van der Waals surface area contributed by atoms with Crippen molar-refractivity contribution < 1.29 is 37.4 Å². The Balaban J connectivity index is 1.57. The van der Waals surface area contributed by atoms with Crippen LogP contribution in [0.5, 0.6) is 11.6 Å². The lowest BCUT2D eigenvalue weighted by atomic mass is 9.85. The van der Waals surface area contributed by atoms with Crippen molar-refractivity contribution in [2.45, 2.75) is 104 Å². The van der Waals surface area contributed by atoms with Crippen LogP contribution in [0, 0.1) is 17.3 Å². The second kappa shape index (κ2) is 12.1.